The van der Waals surface area contributed by atoms with Crippen LogP contribution in [-0.4, -0.2) is 23.1 Å². The summed E-state index contributed by atoms with van der Waals surface area (Å²) in [6.07, 6.45) is 3.75. The molecule has 17 heavy (non-hydrogen) atoms. The van der Waals surface area contributed by atoms with Gasteiger partial charge in [-0.25, -0.2) is 0 Å². The Hall–Kier alpha value is -0.470. The van der Waals surface area contributed by atoms with E-state index >= 15 is 0 Å². The second kappa shape index (κ2) is 6.46. The maximum atomic E-state index is 3.76. The molecule has 1 saturated heterocycles. The second-order valence-electron chi connectivity index (χ2n) is 5.17. The smallest absolute Gasteiger partial charge is 0.0171 e. The van der Waals surface area contributed by atoms with E-state index in [1.807, 2.05) is 0 Å². The Balaban J connectivity index is 1.69. The zero-order valence-corrected chi connectivity index (χ0v) is 11.7. The van der Waals surface area contributed by atoms with E-state index < -0.39 is 0 Å². The van der Waals surface area contributed by atoms with E-state index in [0.717, 1.165) is 11.3 Å². The van der Waals surface area contributed by atoms with E-state index in [9.17, 15) is 0 Å². The molecule has 94 valence electrons. The molecule has 1 heterocycles. The molecule has 1 nitrogen and oxygen atoms in total. The fraction of sp³-hybridized carbons (Fsp3) is 0.600. The van der Waals surface area contributed by atoms with Crippen molar-refractivity contribution in [2.75, 3.05) is 5.75 Å². The summed E-state index contributed by atoms with van der Waals surface area (Å²) in [6, 6.07) is 12.2. The highest BCUT2D eigenvalue weighted by Gasteiger charge is 2.22. The van der Waals surface area contributed by atoms with Crippen molar-refractivity contribution >= 4 is 11.8 Å². The topological polar surface area (TPSA) is 12.0 Å². The van der Waals surface area contributed by atoms with Crippen molar-refractivity contribution in [3.8, 4) is 0 Å². The molecule has 1 aromatic carbocycles. The lowest BCUT2D eigenvalue weighted by Crippen LogP contribution is -2.36. The van der Waals surface area contributed by atoms with E-state index in [1.165, 1.54) is 30.6 Å². The summed E-state index contributed by atoms with van der Waals surface area (Å²) in [7, 11) is 0. The van der Waals surface area contributed by atoms with Crippen molar-refractivity contribution in [3.63, 3.8) is 0 Å². The lowest BCUT2D eigenvalue weighted by atomic mass is 10.1. The first-order valence-electron chi connectivity index (χ1n) is 6.65. The fourth-order valence-corrected chi connectivity index (χ4v) is 3.61. The molecule has 1 N–H and O–H groups in total. The van der Waals surface area contributed by atoms with E-state index in [1.54, 1.807) is 0 Å². The van der Waals surface area contributed by atoms with E-state index in [4.69, 9.17) is 0 Å². The molecule has 1 aliphatic rings. The Morgan fingerprint density at radius 1 is 1.35 bits per heavy atom. The third-order valence-electron chi connectivity index (χ3n) is 3.43. The summed E-state index contributed by atoms with van der Waals surface area (Å²) in [5, 5.41) is 4.60. The van der Waals surface area contributed by atoms with Crippen LogP contribution in [0.3, 0.4) is 0 Å². The van der Waals surface area contributed by atoms with Crippen molar-refractivity contribution in [2.24, 2.45) is 0 Å². The van der Waals surface area contributed by atoms with Gasteiger partial charge in [0.1, 0.15) is 0 Å². The van der Waals surface area contributed by atoms with Gasteiger partial charge in [0.25, 0.3) is 0 Å². The van der Waals surface area contributed by atoms with Crippen molar-refractivity contribution in [1.82, 2.24) is 5.32 Å². The van der Waals surface area contributed by atoms with Gasteiger partial charge < -0.3 is 5.32 Å². The first kappa shape index (κ1) is 13.0. The number of benzene rings is 1. The molecule has 1 aromatic rings. The van der Waals surface area contributed by atoms with Gasteiger partial charge in [-0.3, -0.25) is 0 Å². The normalized spacial score (nSPS) is 26.0. The number of hydrogen-bond donors (Lipinski definition) is 1. The molecule has 0 amide bonds. The third kappa shape index (κ3) is 4.36. The molecule has 0 spiro atoms. The van der Waals surface area contributed by atoms with Gasteiger partial charge in [-0.05, 0) is 31.7 Å². The number of hydrogen-bond acceptors (Lipinski definition) is 2. The molecule has 2 heteroatoms. The Morgan fingerprint density at radius 3 is 2.76 bits per heavy atom. The van der Waals surface area contributed by atoms with Gasteiger partial charge >= 0.3 is 0 Å². The Labute approximate surface area is 109 Å². The van der Waals surface area contributed by atoms with Crippen LogP contribution in [0.1, 0.15) is 32.3 Å². The number of rotatable bonds is 5. The van der Waals surface area contributed by atoms with Gasteiger partial charge in [-0.15, -0.1) is 0 Å². The summed E-state index contributed by atoms with van der Waals surface area (Å²) >= 11 is 2.10. The minimum atomic E-state index is 0.631. The molecule has 1 fully saturated rings. The highest BCUT2D eigenvalue weighted by Crippen LogP contribution is 2.26. The zero-order chi connectivity index (χ0) is 12.1. The summed E-state index contributed by atoms with van der Waals surface area (Å²) in [6.45, 7) is 4.65. The van der Waals surface area contributed by atoms with E-state index in [-0.39, 0.29) is 0 Å². The average Bonchev–Trinajstić information content (AvgIpc) is 2.73. The molecule has 0 aliphatic carbocycles. The molecular weight excluding hydrogens is 226 g/mol. The van der Waals surface area contributed by atoms with Crippen LogP contribution in [0.5, 0.6) is 0 Å². The summed E-state index contributed by atoms with van der Waals surface area (Å²) in [5.41, 5.74) is 1.45. The molecule has 0 radical (unpaired) electrons. The molecule has 0 bridgehead atoms. The highest BCUT2D eigenvalue weighted by molar-refractivity contribution is 8.00. The van der Waals surface area contributed by atoms with Crippen LogP contribution in [0.4, 0.5) is 0 Å². The van der Waals surface area contributed by atoms with Gasteiger partial charge in [0.05, 0.1) is 0 Å². The highest BCUT2D eigenvalue weighted by atomic mass is 32.2. The molecular formula is C15H23NS. The number of thioether (sulfide) groups is 1. The quantitative estimate of drug-likeness (QED) is 0.857. The molecule has 1 aliphatic heterocycles. The molecule has 3 unspecified atom stereocenters. The van der Waals surface area contributed by atoms with Crippen LogP contribution in [0.25, 0.3) is 0 Å². The summed E-state index contributed by atoms with van der Waals surface area (Å²) in [5.74, 6) is 1.29. The monoisotopic (exact) mass is 249 g/mol. The minimum Gasteiger partial charge on any atom is -0.311 e. The number of nitrogens with one attached hydrogen (secondary N) is 1. The first-order chi connectivity index (χ1) is 8.24. The van der Waals surface area contributed by atoms with Crippen LogP contribution >= 0.6 is 11.8 Å². The van der Waals surface area contributed by atoms with Gasteiger partial charge in [0.2, 0.25) is 0 Å². The van der Waals surface area contributed by atoms with Crippen LogP contribution in [0.15, 0.2) is 30.3 Å². The van der Waals surface area contributed by atoms with Crippen LogP contribution < -0.4 is 5.32 Å². The minimum absolute atomic E-state index is 0.631. The van der Waals surface area contributed by atoms with Crippen LogP contribution in [-0.2, 0) is 6.42 Å². The second-order valence-corrected chi connectivity index (χ2v) is 6.64. The predicted octanol–water partition coefficient (Wildman–Crippen LogP) is 3.49. The standard InChI is InChI=1S/C15H23NS/c1-12(16-15-10-13(2)17-11-15)8-9-14-6-4-3-5-7-14/h3-7,12-13,15-16H,8-11H2,1-2H3. The van der Waals surface area contributed by atoms with E-state index in [2.05, 4.69) is 61.3 Å². The largest absolute Gasteiger partial charge is 0.311 e. The SMILES string of the molecule is CC(CCc1ccccc1)NC1CSC(C)C1. The van der Waals surface area contributed by atoms with Crippen LogP contribution in [0.2, 0.25) is 0 Å². The zero-order valence-electron chi connectivity index (χ0n) is 10.9. The predicted molar refractivity (Wildman–Crippen MR) is 77.7 cm³/mol. The first-order valence-corrected chi connectivity index (χ1v) is 7.70. The Bertz CT molecular complexity index is 325. The Kier molecular flexibility index (Phi) is 4.93. The van der Waals surface area contributed by atoms with Crippen molar-refractivity contribution in [1.29, 1.82) is 0 Å². The molecule has 3 atom stereocenters. The van der Waals surface area contributed by atoms with E-state index in [0.29, 0.717) is 6.04 Å². The summed E-state index contributed by atoms with van der Waals surface area (Å²) < 4.78 is 0. The Morgan fingerprint density at radius 2 is 2.12 bits per heavy atom. The average molecular weight is 249 g/mol. The van der Waals surface area contributed by atoms with Gasteiger partial charge in [-0.2, -0.15) is 11.8 Å². The molecule has 0 aromatic heterocycles. The lowest BCUT2D eigenvalue weighted by molar-refractivity contribution is 0.442. The summed E-state index contributed by atoms with van der Waals surface area (Å²) in [4.78, 5) is 0. The van der Waals surface area contributed by atoms with Gasteiger partial charge in [0, 0.05) is 23.1 Å². The fourth-order valence-electron chi connectivity index (χ4n) is 2.45. The lowest BCUT2D eigenvalue weighted by Gasteiger charge is -2.18. The van der Waals surface area contributed by atoms with Crippen molar-refractivity contribution in [3.05, 3.63) is 35.9 Å². The maximum absolute atomic E-state index is 3.76. The van der Waals surface area contributed by atoms with Gasteiger partial charge in [-0.1, -0.05) is 37.3 Å². The van der Waals surface area contributed by atoms with Crippen LogP contribution in [0, 0.1) is 0 Å². The van der Waals surface area contributed by atoms with Gasteiger partial charge in [0.15, 0.2) is 0 Å². The molecule has 0 saturated carbocycles. The molecule has 2 rings (SSSR count). The van der Waals surface area contributed by atoms with Crippen molar-refractivity contribution < 1.29 is 0 Å². The third-order valence-corrected chi connectivity index (χ3v) is 4.78. The van der Waals surface area contributed by atoms with Crippen molar-refractivity contribution in [2.45, 2.75) is 50.4 Å². The maximum Gasteiger partial charge on any atom is 0.0171 e. The number of aryl methyl sites for hydroxylation is 1.